The van der Waals surface area contributed by atoms with E-state index in [2.05, 4.69) is 9.97 Å². The fraction of sp³-hybridized carbons (Fsp3) is 0.545. The molecule has 1 fully saturated rings. The lowest BCUT2D eigenvalue weighted by atomic mass is 9.98. The van der Waals surface area contributed by atoms with Gasteiger partial charge in [0, 0.05) is 32.5 Å². The molecule has 0 spiro atoms. The van der Waals surface area contributed by atoms with Gasteiger partial charge in [-0.1, -0.05) is 11.6 Å². The lowest BCUT2D eigenvalue weighted by molar-refractivity contribution is -0.136. The van der Waals surface area contributed by atoms with Crippen molar-refractivity contribution < 1.29 is 4.79 Å². The van der Waals surface area contributed by atoms with Crippen LogP contribution in [-0.4, -0.2) is 46.5 Å². The molecule has 0 N–H and O–H groups in total. The van der Waals surface area contributed by atoms with Crippen LogP contribution < -0.4 is 4.90 Å². The van der Waals surface area contributed by atoms with E-state index in [0.717, 1.165) is 0 Å². The van der Waals surface area contributed by atoms with Gasteiger partial charge < -0.3 is 9.80 Å². The normalized spacial score (nSPS) is 19.6. The van der Waals surface area contributed by atoms with Crippen LogP contribution >= 0.6 is 11.6 Å². The Balaban J connectivity index is 2.40. The summed E-state index contributed by atoms with van der Waals surface area (Å²) in [5, 5.41) is 0.331. The summed E-state index contributed by atoms with van der Waals surface area (Å²) in [5.74, 6) is 0.631. The third-order valence-corrected chi connectivity index (χ3v) is 3.36. The smallest absolute Gasteiger partial charge is 0.247 e. The van der Waals surface area contributed by atoms with Crippen LogP contribution in [0.2, 0.25) is 5.15 Å². The van der Waals surface area contributed by atoms with E-state index in [9.17, 15) is 4.79 Å². The van der Waals surface area contributed by atoms with Gasteiger partial charge in [-0.25, -0.2) is 9.97 Å². The Hall–Kier alpha value is -1.36. The number of halogens is 1. The molecule has 1 amide bonds. The number of nitrogens with zero attached hydrogens (tertiary/aromatic N) is 4. The van der Waals surface area contributed by atoms with Crippen LogP contribution in [0.4, 0.5) is 5.82 Å². The Kier molecular flexibility index (Phi) is 2.95. The van der Waals surface area contributed by atoms with Gasteiger partial charge in [0.15, 0.2) is 11.0 Å². The average molecular weight is 255 g/mol. The maximum atomic E-state index is 12.1. The quantitative estimate of drug-likeness (QED) is 0.755. The van der Waals surface area contributed by atoms with Gasteiger partial charge >= 0.3 is 0 Å². The van der Waals surface area contributed by atoms with E-state index >= 15 is 0 Å². The summed E-state index contributed by atoms with van der Waals surface area (Å²) in [7, 11) is 1.81. The Labute approximate surface area is 105 Å². The molecule has 5 nitrogen and oxygen atoms in total. The number of aromatic nitrogens is 2. The molecule has 1 aromatic rings. The zero-order valence-electron chi connectivity index (χ0n) is 10.1. The number of carbonyl (C=O) groups is 1. The van der Waals surface area contributed by atoms with Crippen molar-refractivity contribution >= 4 is 23.3 Å². The molecule has 1 aliphatic heterocycles. The van der Waals surface area contributed by atoms with Crippen molar-refractivity contribution in [1.29, 1.82) is 0 Å². The highest BCUT2D eigenvalue weighted by molar-refractivity contribution is 6.31. The van der Waals surface area contributed by atoms with Gasteiger partial charge in [-0.05, 0) is 13.8 Å². The summed E-state index contributed by atoms with van der Waals surface area (Å²) >= 11 is 6.03. The molecule has 0 aliphatic carbocycles. The minimum Gasteiger partial charge on any atom is -0.342 e. The van der Waals surface area contributed by atoms with Crippen LogP contribution in [0.25, 0.3) is 0 Å². The van der Waals surface area contributed by atoms with Crippen molar-refractivity contribution in [3.8, 4) is 0 Å². The largest absolute Gasteiger partial charge is 0.342 e. The topological polar surface area (TPSA) is 49.3 Å². The highest BCUT2D eigenvalue weighted by atomic mass is 35.5. The third-order valence-electron chi connectivity index (χ3n) is 3.10. The zero-order valence-corrected chi connectivity index (χ0v) is 10.9. The van der Waals surface area contributed by atoms with Crippen molar-refractivity contribution in [3.63, 3.8) is 0 Å². The summed E-state index contributed by atoms with van der Waals surface area (Å²) in [5.41, 5.74) is -0.646. The van der Waals surface area contributed by atoms with Gasteiger partial charge in [0.2, 0.25) is 5.91 Å². The lowest BCUT2D eigenvalue weighted by Gasteiger charge is -2.45. The first kappa shape index (κ1) is 12.1. The van der Waals surface area contributed by atoms with Crippen LogP contribution in [0.15, 0.2) is 12.4 Å². The Bertz CT molecular complexity index is 449. The number of likely N-dealkylation sites (N-methyl/N-ethyl adjacent to an activating group) is 1. The van der Waals surface area contributed by atoms with Crippen LogP contribution in [0.1, 0.15) is 13.8 Å². The van der Waals surface area contributed by atoms with Crippen molar-refractivity contribution in [2.24, 2.45) is 0 Å². The van der Waals surface area contributed by atoms with E-state index in [0.29, 0.717) is 24.1 Å². The standard InChI is InChI=1S/C11H15ClN4O/c1-11(2)10(17)15(3)6-7-16(11)9-8(12)13-4-5-14-9/h4-5H,6-7H2,1-3H3. The second-order valence-electron chi connectivity index (χ2n) is 4.61. The summed E-state index contributed by atoms with van der Waals surface area (Å²) in [4.78, 5) is 24.0. The summed E-state index contributed by atoms with van der Waals surface area (Å²) < 4.78 is 0. The van der Waals surface area contributed by atoms with Gasteiger partial charge in [-0.3, -0.25) is 4.79 Å². The molecule has 1 aromatic heterocycles. The van der Waals surface area contributed by atoms with Gasteiger partial charge in [0.25, 0.3) is 0 Å². The molecule has 0 atom stereocenters. The second-order valence-corrected chi connectivity index (χ2v) is 4.97. The molecule has 0 aromatic carbocycles. The molecule has 17 heavy (non-hydrogen) atoms. The van der Waals surface area contributed by atoms with Gasteiger partial charge in [-0.15, -0.1) is 0 Å². The number of anilines is 1. The number of carbonyl (C=O) groups excluding carboxylic acids is 1. The Morgan fingerprint density at radius 2 is 1.94 bits per heavy atom. The molecule has 0 unspecified atom stereocenters. The average Bonchev–Trinajstić information content (AvgIpc) is 2.28. The maximum absolute atomic E-state index is 12.1. The lowest BCUT2D eigenvalue weighted by Crippen LogP contribution is -2.62. The molecule has 1 aliphatic rings. The molecule has 1 saturated heterocycles. The van der Waals surface area contributed by atoms with Gasteiger partial charge in [-0.2, -0.15) is 0 Å². The molecule has 6 heteroatoms. The van der Waals surface area contributed by atoms with Crippen LogP contribution in [-0.2, 0) is 4.79 Å². The molecule has 0 saturated carbocycles. The van der Waals surface area contributed by atoms with Crippen LogP contribution in [0.5, 0.6) is 0 Å². The number of hydrogen-bond acceptors (Lipinski definition) is 4. The van der Waals surface area contributed by atoms with E-state index < -0.39 is 5.54 Å². The van der Waals surface area contributed by atoms with Crippen LogP contribution in [0, 0.1) is 0 Å². The first-order chi connectivity index (χ1) is 7.94. The SMILES string of the molecule is CN1CCN(c2nccnc2Cl)C(C)(C)C1=O. The predicted octanol–water partition coefficient (Wildman–Crippen LogP) is 1.19. The van der Waals surface area contributed by atoms with E-state index in [1.807, 2.05) is 18.7 Å². The van der Waals surface area contributed by atoms with Gasteiger partial charge in [0.1, 0.15) is 5.54 Å². The fourth-order valence-electron chi connectivity index (χ4n) is 2.08. The predicted molar refractivity (Wildman–Crippen MR) is 66.1 cm³/mol. The highest BCUT2D eigenvalue weighted by Gasteiger charge is 2.41. The Morgan fingerprint density at radius 1 is 1.29 bits per heavy atom. The molecule has 0 bridgehead atoms. The third kappa shape index (κ3) is 1.95. The molecular formula is C11H15ClN4O. The maximum Gasteiger partial charge on any atom is 0.247 e. The molecule has 2 heterocycles. The first-order valence-electron chi connectivity index (χ1n) is 5.44. The van der Waals surface area contributed by atoms with Crippen LogP contribution in [0.3, 0.4) is 0 Å². The monoisotopic (exact) mass is 254 g/mol. The van der Waals surface area contributed by atoms with E-state index in [1.165, 1.54) is 6.20 Å². The van der Waals surface area contributed by atoms with Crippen molar-refractivity contribution in [2.45, 2.75) is 19.4 Å². The number of amides is 1. The van der Waals surface area contributed by atoms with Gasteiger partial charge in [0.05, 0.1) is 0 Å². The minimum absolute atomic E-state index is 0.0606. The number of piperazine rings is 1. The van der Waals surface area contributed by atoms with E-state index in [1.54, 1.807) is 18.1 Å². The number of rotatable bonds is 1. The zero-order chi connectivity index (χ0) is 12.6. The molecular weight excluding hydrogens is 240 g/mol. The van der Waals surface area contributed by atoms with Crippen molar-refractivity contribution in [3.05, 3.63) is 17.5 Å². The molecule has 92 valence electrons. The van der Waals surface area contributed by atoms with E-state index in [4.69, 9.17) is 11.6 Å². The first-order valence-corrected chi connectivity index (χ1v) is 5.82. The summed E-state index contributed by atoms with van der Waals surface area (Å²) in [6.07, 6.45) is 3.12. The molecule has 0 radical (unpaired) electrons. The second kappa shape index (κ2) is 4.14. The fourth-order valence-corrected chi connectivity index (χ4v) is 2.29. The highest BCUT2D eigenvalue weighted by Crippen LogP contribution is 2.30. The van der Waals surface area contributed by atoms with Crippen molar-refractivity contribution in [2.75, 3.05) is 25.0 Å². The summed E-state index contributed by atoms with van der Waals surface area (Å²) in [6, 6.07) is 0. The van der Waals surface area contributed by atoms with E-state index in [-0.39, 0.29) is 5.91 Å². The number of hydrogen-bond donors (Lipinski definition) is 0. The van der Waals surface area contributed by atoms with Crippen molar-refractivity contribution in [1.82, 2.24) is 14.9 Å². The molecule has 2 rings (SSSR count). The Morgan fingerprint density at radius 3 is 2.59 bits per heavy atom. The minimum atomic E-state index is -0.646. The summed E-state index contributed by atoms with van der Waals surface area (Å²) in [6.45, 7) is 5.11.